The van der Waals surface area contributed by atoms with Crippen LogP contribution in [0.4, 0.5) is 4.79 Å². The van der Waals surface area contributed by atoms with E-state index in [4.69, 9.17) is 4.74 Å². The summed E-state index contributed by atoms with van der Waals surface area (Å²) in [6.07, 6.45) is 6.29. The minimum absolute atomic E-state index is 0.0324. The lowest BCUT2D eigenvalue weighted by Gasteiger charge is -2.43. The van der Waals surface area contributed by atoms with Crippen molar-refractivity contribution in [1.82, 2.24) is 20.0 Å². The Labute approximate surface area is 191 Å². The lowest BCUT2D eigenvalue weighted by molar-refractivity contribution is -0.140. The van der Waals surface area contributed by atoms with Gasteiger partial charge in [0.05, 0.1) is 5.57 Å². The molecule has 1 aliphatic carbocycles. The van der Waals surface area contributed by atoms with Crippen LogP contribution < -0.4 is 5.32 Å². The Morgan fingerprint density at radius 1 is 1.12 bits per heavy atom. The molecule has 2 fully saturated rings. The number of likely N-dealkylation sites (tertiary alicyclic amines) is 1. The van der Waals surface area contributed by atoms with Crippen molar-refractivity contribution in [3.63, 3.8) is 0 Å². The Morgan fingerprint density at radius 3 is 2.41 bits per heavy atom. The molecule has 0 aromatic carbocycles. The highest BCUT2D eigenvalue weighted by atomic mass is 16.6. The van der Waals surface area contributed by atoms with Crippen molar-refractivity contribution in [3.05, 3.63) is 23.4 Å². The molecule has 3 rings (SSSR count). The monoisotopic (exact) mass is 443 g/mol. The number of hydrogen-bond donors (Lipinski definition) is 1. The second-order valence-electron chi connectivity index (χ2n) is 9.92. The third-order valence-electron chi connectivity index (χ3n) is 6.45. The summed E-state index contributed by atoms with van der Waals surface area (Å²) in [7, 11) is 1.83. The van der Waals surface area contributed by atoms with Crippen LogP contribution >= 0.6 is 0 Å². The third-order valence-corrected chi connectivity index (χ3v) is 6.45. The fourth-order valence-electron chi connectivity index (χ4n) is 4.80. The van der Waals surface area contributed by atoms with Gasteiger partial charge in [-0.3, -0.25) is 14.6 Å². The van der Waals surface area contributed by atoms with E-state index in [1.54, 1.807) is 4.90 Å². The van der Waals surface area contributed by atoms with Crippen molar-refractivity contribution in [1.29, 1.82) is 5.26 Å². The van der Waals surface area contributed by atoms with Gasteiger partial charge in [-0.05, 0) is 52.0 Å². The first-order valence-corrected chi connectivity index (χ1v) is 11.7. The summed E-state index contributed by atoms with van der Waals surface area (Å²) in [6.45, 7) is 11.0. The molecule has 2 amide bonds. The largest absolute Gasteiger partial charge is 0.444 e. The van der Waals surface area contributed by atoms with E-state index < -0.39 is 17.7 Å². The second-order valence-corrected chi connectivity index (χ2v) is 9.92. The zero-order chi connectivity index (χ0) is 23.5. The summed E-state index contributed by atoms with van der Waals surface area (Å²) in [5.74, 6) is 0.259. The highest BCUT2D eigenvalue weighted by Crippen LogP contribution is 2.27. The molecule has 2 saturated heterocycles. The van der Waals surface area contributed by atoms with E-state index in [9.17, 15) is 14.9 Å². The first-order valence-electron chi connectivity index (χ1n) is 11.7. The van der Waals surface area contributed by atoms with Crippen LogP contribution in [0.1, 0.15) is 47.0 Å². The minimum Gasteiger partial charge on any atom is -0.444 e. The number of likely N-dealkylation sites (N-methyl/N-ethyl adjacent to an activating group) is 1. The van der Waals surface area contributed by atoms with Crippen molar-refractivity contribution in [2.75, 3.05) is 39.8 Å². The number of ether oxygens (including phenoxy) is 1. The van der Waals surface area contributed by atoms with Gasteiger partial charge in [0.15, 0.2) is 0 Å². The normalized spacial score (nSPS) is 27.2. The highest BCUT2D eigenvalue weighted by molar-refractivity contribution is 5.86. The molecule has 1 N–H and O–H groups in total. The number of rotatable bonds is 3. The van der Waals surface area contributed by atoms with E-state index in [0.29, 0.717) is 31.6 Å². The van der Waals surface area contributed by atoms with Crippen LogP contribution in [0.15, 0.2) is 23.4 Å². The first kappa shape index (κ1) is 24.1. The SMILES string of the molecule is CNC1=CC(N2CCN(C(=O)[C@H]3CCCCN3C(=O)OC(C)(C)C)CC2)[C@@H](C)C=C1C#N. The molecule has 0 radical (unpaired) electrons. The number of carbonyl (C=O) groups excluding carboxylic acids is 2. The predicted octanol–water partition coefficient (Wildman–Crippen LogP) is 2.49. The Kier molecular flexibility index (Phi) is 7.50. The fourth-order valence-corrected chi connectivity index (χ4v) is 4.80. The smallest absolute Gasteiger partial charge is 0.410 e. The standard InChI is InChI=1S/C24H37N5O3/c1-17-14-18(16-25)19(26-5)15-21(17)27-10-12-28(13-11-27)22(30)20-8-6-7-9-29(20)23(31)32-24(2,3)4/h14-15,17,20-21,26H,6-13H2,1-5H3/t17-,20+,21?/m0/s1. The molecule has 3 aliphatic rings. The number of hydrogen-bond acceptors (Lipinski definition) is 6. The Balaban J connectivity index is 1.62. The predicted molar refractivity (Wildman–Crippen MR) is 123 cm³/mol. The number of piperazine rings is 1. The summed E-state index contributed by atoms with van der Waals surface area (Å²) >= 11 is 0. The van der Waals surface area contributed by atoms with Crippen molar-refractivity contribution < 1.29 is 14.3 Å². The summed E-state index contributed by atoms with van der Waals surface area (Å²) < 4.78 is 5.56. The van der Waals surface area contributed by atoms with Crippen molar-refractivity contribution in [3.8, 4) is 6.07 Å². The first-order chi connectivity index (χ1) is 15.1. The molecule has 3 atom stereocenters. The van der Waals surface area contributed by atoms with Gasteiger partial charge in [-0.1, -0.05) is 13.0 Å². The molecule has 32 heavy (non-hydrogen) atoms. The zero-order valence-electron chi connectivity index (χ0n) is 20.1. The average Bonchev–Trinajstić information content (AvgIpc) is 2.77. The van der Waals surface area contributed by atoms with Crippen LogP contribution in [-0.4, -0.2) is 84.2 Å². The topological polar surface area (TPSA) is 88.9 Å². The Morgan fingerprint density at radius 2 is 1.81 bits per heavy atom. The summed E-state index contributed by atoms with van der Waals surface area (Å²) in [6, 6.07) is 2.02. The van der Waals surface area contributed by atoms with Crippen LogP contribution in [0.3, 0.4) is 0 Å². The molecule has 176 valence electrons. The van der Waals surface area contributed by atoms with Gasteiger partial charge >= 0.3 is 6.09 Å². The minimum atomic E-state index is -0.579. The number of nitrogens with zero attached hydrogens (tertiary/aromatic N) is 4. The number of piperidine rings is 1. The van der Waals surface area contributed by atoms with E-state index in [-0.39, 0.29) is 17.9 Å². The maximum atomic E-state index is 13.4. The molecule has 1 unspecified atom stereocenters. The van der Waals surface area contributed by atoms with Gasteiger partial charge in [-0.2, -0.15) is 5.26 Å². The summed E-state index contributed by atoms with van der Waals surface area (Å²) in [5, 5.41) is 12.5. The van der Waals surface area contributed by atoms with E-state index in [0.717, 1.165) is 31.6 Å². The van der Waals surface area contributed by atoms with Crippen LogP contribution in [0.2, 0.25) is 0 Å². The van der Waals surface area contributed by atoms with Gasteiger partial charge in [0.2, 0.25) is 5.91 Å². The van der Waals surface area contributed by atoms with Crippen molar-refractivity contribution >= 4 is 12.0 Å². The molecule has 0 saturated carbocycles. The third kappa shape index (κ3) is 5.44. The maximum Gasteiger partial charge on any atom is 0.410 e. The number of nitrogens with one attached hydrogen (secondary N) is 1. The molecule has 0 aromatic heterocycles. The molecule has 2 aliphatic heterocycles. The molecular formula is C24H37N5O3. The van der Waals surface area contributed by atoms with Gasteiger partial charge in [-0.25, -0.2) is 4.79 Å². The maximum absolute atomic E-state index is 13.4. The lowest BCUT2D eigenvalue weighted by Crippen LogP contribution is -2.59. The van der Waals surface area contributed by atoms with E-state index >= 15 is 0 Å². The molecule has 8 heteroatoms. The van der Waals surface area contributed by atoms with Crippen LogP contribution in [0.25, 0.3) is 0 Å². The molecule has 0 bridgehead atoms. The number of amides is 2. The van der Waals surface area contributed by atoms with Gasteiger partial charge < -0.3 is 15.0 Å². The number of nitriles is 1. The van der Waals surface area contributed by atoms with Crippen molar-refractivity contribution in [2.45, 2.75) is 64.6 Å². The lowest BCUT2D eigenvalue weighted by atomic mass is 9.89. The molecular weight excluding hydrogens is 406 g/mol. The summed E-state index contributed by atoms with van der Waals surface area (Å²) in [4.78, 5) is 32.0. The molecule has 0 aromatic rings. The van der Waals surface area contributed by atoms with Crippen LogP contribution in [0, 0.1) is 17.2 Å². The number of carbonyl (C=O) groups is 2. The summed E-state index contributed by atoms with van der Waals surface area (Å²) in [5.41, 5.74) is 0.971. The molecule has 2 heterocycles. The molecule has 8 nitrogen and oxygen atoms in total. The second kappa shape index (κ2) is 9.95. The van der Waals surface area contributed by atoms with E-state index in [1.165, 1.54) is 0 Å². The van der Waals surface area contributed by atoms with E-state index in [1.807, 2.05) is 38.8 Å². The van der Waals surface area contributed by atoms with Gasteiger partial charge in [-0.15, -0.1) is 0 Å². The Bertz CT molecular complexity index is 814. The number of allylic oxidation sites excluding steroid dienone is 1. The quantitative estimate of drug-likeness (QED) is 0.721. The Hall–Kier alpha value is -2.53. The fraction of sp³-hybridized carbons (Fsp3) is 0.708. The van der Waals surface area contributed by atoms with Crippen LogP contribution in [-0.2, 0) is 9.53 Å². The van der Waals surface area contributed by atoms with Gasteiger partial charge in [0.1, 0.15) is 17.7 Å². The van der Waals surface area contributed by atoms with Gasteiger partial charge in [0, 0.05) is 51.5 Å². The van der Waals surface area contributed by atoms with E-state index in [2.05, 4.69) is 29.3 Å². The van der Waals surface area contributed by atoms with Crippen LogP contribution in [0.5, 0.6) is 0 Å². The molecule has 0 spiro atoms. The zero-order valence-corrected chi connectivity index (χ0v) is 20.1. The average molecular weight is 444 g/mol. The van der Waals surface area contributed by atoms with Gasteiger partial charge in [0.25, 0.3) is 0 Å². The van der Waals surface area contributed by atoms with Crippen molar-refractivity contribution in [2.24, 2.45) is 5.92 Å². The highest BCUT2D eigenvalue weighted by Gasteiger charge is 2.38.